The molecular formula is C14H21N3O3S. The molecule has 1 aromatic heterocycles. The maximum absolute atomic E-state index is 12.0. The van der Waals surface area contributed by atoms with Crippen LogP contribution in [0.4, 0.5) is 10.5 Å². The molecule has 0 bridgehead atoms. The molecular weight excluding hydrogens is 290 g/mol. The van der Waals surface area contributed by atoms with E-state index in [9.17, 15) is 9.59 Å². The number of urea groups is 1. The van der Waals surface area contributed by atoms with E-state index < -0.39 is 5.97 Å². The fraction of sp³-hybridized carbons (Fsp3) is 0.571. The summed E-state index contributed by atoms with van der Waals surface area (Å²) in [6.07, 6.45) is 6.69. The molecule has 0 aromatic carbocycles. The van der Waals surface area contributed by atoms with Gasteiger partial charge in [0.1, 0.15) is 5.69 Å². The summed E-state index contributed by atoms with van der Waals surface area (Å²) in [5.74, 6) is -1.09. The number of aromatic carboxylic acids is 1. The SMILES string of the molecule is CSC1(CNC(=O)Nc2cc(C)[nH]c2C(=O)O)CCCC1. The summed E-state index contributed by atoms with van der Waals surface area (Å²) in [4.78, 5) is 25.8. The van der Waals surface area contributed by atoms with E-state index >= 15 is 0 Å². The number of anilines is 1. The molecule has 0 aliphatic heterocycles. The molecule has 6 nitrogen and oxygen atoms in total. The van der Waals surface area contributed by atoms with Crippen LogP contribution in [0.1, 0.15) is 41.9 Å². The van der Waals surface area contributed by atoms with Gasteiger partial charge >= 0.3 is 12.0 Å². The van der Waals surface area contributed by atoms with E-state index in [1.807, 2.05) is 0 Å². The summed E-state index contributed by atoms with van der Waals surface area (Å²) < 4.78 is 0.126. The number of nitrogens with one attached hydrogen (secondary N) is 3. The molecule has 1 saturated carbocycles. The second-order valence-corrected chi connectivity index (χ2v) is 6.72. The molecule has 0 unspecified atom stereocenters. The van der Waals surface area contributed by atoms with Gasteiger partial charge < -0.3 is 20.7 Å². The summed E-state index contributed by atoms with van der Waals surface area (Å²) in [5, 5.41) is 14.5. The van der Waals surface area contributed by atoms with E-state index in [4.69, 9.17) is 5.11 Å². The van der Waals surface area contributed by atoms with Crippen molar-refractivity contribution in [2.45, 2.75) is 37.4 Å². The summed E-state index contributed by atoms with van der Waals surface area (Å²) in [6.45, 7) is 2.35. The summed E-state index contributed by atoms with van der Waals surface area (Å²) in [5.41, 5.74) is 0.990. The Bertz CT molecular complexity index is 536. The third-order valence-electron chi connectivity index (χ3n) is 3.93. The number of carbonyl (C=O) groups excluding carboxylic acids is 1. The zero-order valence-electron chi connectivity index (χ0n) is 12.3. The van der Waals surface area contributed by atoms with Crippen LogP contribution in [-0.4, -0.2) is 39.6 Å². The first-order chi connectivity index (χ1) is 9.96. The van der Waals surface area contributed by atoms with E-state index in [0.717, 1.165) is 12.8 Å². The minimum absolute atomic E-state index is 0.00287. The normalized spacial score (nSPS) is 16.7. The van der Waals surface area contributed by atoms with Crippen LogP contribution in [0.2, 0.25) is 0 Å². The number of carboxylic acids is 1. The van der Waals surface area contributed by atoms with Gasteiger partial charge in [-0.2, -0.15) is 11.8 Å². The second kappa shape index (κ2) is 6.43. The first-order valence-corrected chi connectivity index (χ1v) is 8.21. The molecule has 7 heteroatoms. The summed E-state index contributed by atoms with van der Waals surface area (Å²) in [7, 11) is 0. The van der Waals surface area contributed by atoms with Gasteiger partial charge in [0.05, 0.1) is 5.69 Å². The third kappa shape index (κ3) is 3.72. The molecule has 0 spiro atoms. The van der Waals surface area contributed by atoms with Crippen LogP contribution in [0.5, 0.6) is 0 Å². The van der Waals surface area contributed by atoms with E-state index in [-0.39, 0.29) is 16.5 Å². The molecule has 1 aliphatic rings. The van der Waals surface area contributed by atoms with Crippen LogP contribution >= 0.6 is 11.8 Å². The molecule has 1 fully saturated rings. The molecule has 21 heavy (non-hydrogen) atoms. The Balaban J connectivity index is 1.94. The van der Waals surface area contributed by atoms with Crippen LogP contribution in [0.3, 0.4) is 0 Å². The second-order valence-electron chi connectivity index (χ2n) is 5.45. The summed E-state index contributed by atoms with van der Waals surface area (Å²) in [6, 6.07) is 1.25. The van der Waals surface area contributed by atoms with Gasteiger partial charge in [0.15, 0.2) is 0 Å². The van der Waals surface area contributed by atoms with Crippen LogP contribution in [-0.2, 0) is 0 Å². The predicted octanol–water partition coefficient (Wildman–Crippen LogP) is 2.82. The number of carbonyl (C=O) groups is 2. The number of aromatic amines is 1. The van der Waals surface area contributed by atoms with E-state index in [1.54, 1.807) is 24.8 Å². The summed E-state index contributed by atoms with van der Waals surface area (Å²) >= 11 is 1.80. The molecule has 2 rings (SSSR count). The Hall–Kier alpha value is -1.63. The first kappa shape index (κ1) is 15.8. The van der Waals surface area contributed by atoms with Crippen molar-refractivity contribution in [3.05, 3.63) is 17.5 Å². The number of thioether (sulfide) groups is 1. The van der Waals surface area contributed by atoms with Crippen LogP contribution in [0, 0.1) is 6.92 Å². The van der Waals surface area contributed by atoms with Crippen molar-refractivity contribution in [2.75, 3.05) is 18.1 Å². The molecule has 1 aromatic rings. The molecule has 1 heterocycles. The lowest BCUT2D eigenvalue weighted by molar-refractivity contribution is 0.0692. The average Bonchev–Trinajstić information content (AvgIpc) is 3.04. The van der Waals surface area contributed by atoms with Crippen molar-refractivity contribution in [1.29, 1.82) is 0 Å². The topological polar surface area (TPSA) is 94.2 Å². The molecule has 0 saturated heterocycles. The Morgan fingerprint density at radius 3 is 2.67 bits per heavy atom. The number of amides is 2. The maximum atomic E-state index is 12.0. The Morgan fingerprint density at radius 1 is 1.43 bits per heavy atom. The molecule has 2 amide bonds. The van der Waals surface area contributed by atoms with Crippen molar-refractivity contribution < 1.29 is 14.7 Å². The first-order valence-electron chi connectivity index (χ1n) is 6.99. The smallest absolute Gasteiger partial charge is 0.354 e. The van der Waals surface area contributed by atoms with Gasteiger partial charge in [-0.3, -0.25) is 0 Å². The van der Waals surface area contributed by atoms with E-state index in [1.165, 1.54) is 12.8 Å². The molecule has 116 valence electrons. The highest BCUT2D eigenvalue weighted by Crippen LogP contribution is 2.39. The highest BCUT2D eigenvalue weighted by atomic mass is 32.2. The minimum Gasteiger partial charge on any atom is -0.477 e. The minimum atomic E-state index is -1.09. The number of rotatable bonds is 5. The lowest BCUT2D eigenvalue weighted by Gasteiger charge is -2.26. The van der Waals surface area contributed by atoms with E-state index in [2.05, 4.69) is 21.9 Å². The number of carboxylic acid groups (broad SMARTS) is 1. The molecule has 1 aliphatic carbocycles. The zero-order valence-corrected chi connectivity index (χ0v) is 13.1. The quantitative estimate of drug-likeness (QED) is 0.672. The van der Waals surface area contributed by atoms with Crippen LogP contribution < -0.4 is 10.6 Å². The number of aromatic nitrogens is 1. The number of aryl methyl sites for hydroxylation is 1. The lowest BCUT2D eigenvalue weighted by Crippen LogP contribution is -2.40. The Kier molecular flexibility index (Phi) is 4.82. The van der Waals surface area contributed by atoms with Gasteiger partial charge in [-0.15, -0.1) is 0 Å². The fourth-order valence-electron chi connectivity index (χ4n) is 2.74. The van der Waals surface area contributed by atoms with Gasteiger partial charge in [-0.1, -0.05) is 12.8 Å². The van der Waals surface area contributed by atoms with Crippen molar-refractivity contribution in [1.82, 2.24) is 10.3 Å². The van der Waals surface area contributed by atoms with Gasteiger partial charge in [-0.25, -0.2) is 9.59 Å². The fourth-order valence-corrected chi connectivity index (χ4v) is 3.65. The predicted molar refractivity (Wildman–Crippen MR) is 84.2 cm³/mol. The van der Waals surface area contributed by atoms with Crippen molar-refractivity contribution in [3.8, 4) is 0 Å². The maximum Gasteiger partial charge on any atom is 0.354 e. The third-order valence-corrected chi connectivity index (χ3v) is 5.35. The Morgan fingerprint density at radius 2 is 2.10 bits per heavy atom. The molecule has 0 atom stereocenters. The molecule has 4 N–H and O–H groups in total. The van der Waals surface area contributed by atoms with Crippen LogP contribution in [0.25, 0.3) is 0 Å². The standard InChI is InChI=1S/C14H21N3O3S/c1-9-7-10(11(16-9)12(18)19)17-13(20)15-8-14(21-2)5-3-4-6-14/h7,16H,3-6,8H2,1-2H3,(H,18,19)(H2,15,17,20). The lowest BCUT2D eigenvalue weighted by atomic mass is 10.1. The van der Waals surface area contributed by atoms with E-state index in [0.29, 0.717) is 17.9 Å². The largest absolute Gasteiger partial charge is 0.477 e. The van der Waals surface area contributed by atoms with Crippen molar-refractivity contribution in [2.24, 2.45) is 0 Å². The zero-order chi connectivity index (χ0) is 15.5. The number of hydrogen-bond acceptors (Lipinski definition) is 3. The van der Waals surface area contributed by atoms with Gasteiger partial charge in [0, 0.05) is 17.0 Å². The van der Waals surface area contributed by atoms with Crippen molar-refractivity contribution >= 4 is 29.4 Å². The van der Waals surface area contributed by atoms with Gasteiger partial charge in [-0.05, 0) is 32.1 Å². The van der Waals surface area contributed by atoms with Gasteiger partial charge in [0.25, 0.3) is 0 Å². The number of hydrogen-bond donors (Lipinski definition) is 4. The number of H-pyrrole nitrogens is 1. The molecule has 0 radical (unpaired) electrons. The average molecular weight is 311 g/mol. The van der Waals surface area contributed by atoms with Gasteiger partial charge in [0.2, 0.25) is 0 Å². The van der Waals surface area contributed by atoms with Crippen LogP contribution in [0.15, 0.2) is 6.07 Å². The van der Waals surface area contributed by atoms with Crippen molar-refractivity contribution in [3.63, 3.8) is 0 Å². The Labute approximate surface area is 128 Å². The highest BCUT2D eigenvalue weighted by molar-refractivity contribution is 8.00. The highest BCUT2D eigenvalue weighted by Gasteiger charge is 2.33. The monoisotopic (exact) mass is 311 g/mol.